The normalized spacial score (nSPS) is 24.4. The highest BCUT2D eigenvalue weighted by molar-refractivity contribution is 6.32. The first-order valence-electron chi connectivity index (χ1n) is 20.6. The van der Waals surface area contributed by atoms with Crippen LogP contribution in [-0.4, -0.2) is 55.9 Å². The van der Waals surface area contributed by atoms with E-state index in [1.165, 1.54) is 11.0 Å². The molecule has 1 aliphatic heterocycles. The summed E-state index contributed by atoms with van der Waals surface area (Å²) < 4.78 is 17.1. The molecule has 306 valence electrons. The van der Waals surface area contributed by atoms with Gasteiger partial charge in [-0.1, -0.05) is 115 Å². The number of ketones is 2. The van der Waals surface area contributed by atoms with Crippen molar-refractivity contribution in [2.45, 2.75) is 24.2 Å². The van der Waals surface area contributed by atoms with Crippen molar-refractivity contribution in [3.05, 3.63) is 173 Å². The van der Waals surface area contributed by atoms with Gasteiger partial charge in [-0.15, -0.1) is 0 Å². The summed E-state index contributed by atoms with van der Waals surface area (Å²) in [5.74, 6) is -2.69. The minimum Gasteiger partial charge on any atom is -0.497 e. The zero-order valence-electron chi connectivity index (χ0n) is 33.9. The Morgan fingerprint density at radius 2 is 1.48 bits per heavy atom. The lowest BCUT2D eigenvalue weighted by Crippen LogP contribution is -2.58. The maximum absolute atomic E-state index is 15.4. The van der Waals surface area contributed by atoms with E-state index in [4.69, 9.17) is 14.2 Å². The number of ether oxygens (including phenoxy) is 3. The average Bonchev–Trinajstić information content (AvgIpc) is 3.57. The maximum atomic E-state index is 15.4. The highest BCUT2D eigenvalue weighted by atomic mass is 16.5. The first-order valence-corrected chi connectivity index (χ1v) is 20.6. The van der Waals surface area contributed by atoms with E-state index >= 15 is 9.59 Å². The summed E-state index contributed by atoms with van der Waals surface area (Å²) in [4.78, 5) is 61.4. The number of allylic oxidation sites excluding steroid dienone is 4. The lowest BCUT2D eigenvalue weighted by Gasteiger charge is -2.55. The number of fused-ring (bicyclic) bond motifs is 4. The van der Waals surface area contributed by atoms with Gasteiger partial charge in [0, 0.05) is 28.5 Å². The van der Waals surface area contributed by atoms with Gasteiger partial charge in [-0.2, -0.15) is 0 Å². The number of methoxy groups -OCH3 is 2. The fraction of sp³-hybridized carbons (Fsp3) is 0.231. The molecule has 9 rings (SSSR count). The second-order valence-corrected chi connectivity index (χ2v) is 15.9. The summed E-state index contributed by atoms with van der Waals surface area (Å²) in [6.45, 7) is -0.197. The Bertz CT molecular complexity index is 2610. The number of hydrogen-bond acceptors (Lipinski definition) is 8. The van der Waals surface area contributed by atoms with Crippen LogP contribution in [0.5, 0.6) is 17.2 Å². The van der Waals surface area contributed by atoms with Crippen LogP contribution < -0.4 is 19.1 Å². The van der Waals surface area contributed by atoms with E-state index in [0.717, 1.165) is 16.7 Å². The third-order valence-corrected chi connectivity index (χ3v) is 13.0. The minimum atomic E-state index is -1.39. The fourth-order valence-electron chi connectivity index (χ4n) is 10.4. The summed E-state index contributed by atoms with van der Waals surface area (Å²) in [7, 11) is 3.22. The van der Waals surface area contributed by atoms with E-state index in [2.05, 4.69) is 0 Å². The molecule has 6 unspecified atom stereocenters. The standard InChI is InChI=1S/C52H45NO8/c1-59-37-23-26-44(60-2)34(29-37)20-17-32-18-21-36(22-19-32)53-50(57)40-25-24-38-42(47(40)51(53)58)30-43-49(56)41(33-11-5-3-6-12-33)31-46(55)52(43,35-13-7-4-8-14-35)48(38)39-15-9-10-16-45(39)61-28-27-54/h3-24,26,29,31,40,42-43,47-48,54H,25,27-28,30H2,1-2H3. The average molecular weight is 812 g/mol. The molecule has 1 heterocycles. The first-order chi connectivity index (χ1) is 29.8. The molecule has 1 saturated heterocycles. The molecule has 0 spiro atoms. The van der Waals surface area contributed by atoms with E-state index in [-0.39, 0.29) is 43.0 Å². The number of rotatable bonds is 11. The van der Waals surface area contributed by atoms with Crippen molar-refractivity contribution >= 4 is 46.8 Å². The van der Waals surface area contributed by atoms with Crippen LogP contribution in [0.15, 0.2) is 145 Å². The largest absolute Gasteiger partial charge is 0.497 e. The predicted octanol–water partition coefficient (Wildman–Crippen LogP) is 8.27. The van der Waals surface area contributed by atoms with Gasteiger partial charge in [0.1, 0.15) is 23.9 Å². The number of para-hydroxylation sites is 1. The Hall–Kier alpha value is -6.84. The van der Waals surface area contributed by atoms with E-state index in [1.807, 2.05) is 133 Å². The monoisotopic (exact) mass is 811 g/mol. The van der Waals surface area contributed by atoms with Gasteiger partial charge in [-0.3, -0.25) is 24.1 Å². The maximum Gasteiger partial charge on any atom is 0.238 e. The van der Waals surface area contributed by atoms with Crippen LogP contribution in [0, 0.1) is 23.7 Å². The lowest BCUT2D eigenvalue weighted by molar-refractivity contribution is -0.135. The summed E-state index contributed by atoms with van der Waals surface area (Å²) in [6.07, 6.45) is 7.88. The molecule has 4 aliphatic rings. The van der Waals surface area contributed by atoms with Crippen molar-refractivity contribution in [3.8, 4) is 17.2 Å². The molecule has 1 N–H and O–H groups in total. The number of Topliss-reactive ketones (excluding diaryl/α,β-unsaturated/α-hetero) is 1. The van der Waals surface area contributed by atoms with Gasteiger partial charge in [0.15, 0.2) is 11.6 Å². The Morgan fingerprint density at radius 1 is 0.754 bits per heavy atom. The van der Waals surface area contributed by atoms with Crippen LogP contribution in [-0.2, 0) is 24.6 Å². The van der Waals surface area contributed by atoms with E-state index < -0.39 is 35.0 Å². The van der Waals surface area contributed by atoms with Crippen molar-refractivity contribution in [3.63, 3.8) is 0 Å². The van der Waals surface area contributed by atoms with Crippen molar-refractivity contribution in [1.82, 2.24) is 0 Å². The summed E-state index contributed by atoms with van der Waals surface area (Å²) in [5, 5.41) is 9.82. The van der Waals surface area contributed by atoms with Gasteiger partial charge in [0.2, 0.25) is 11.8 Å². The number of aliphatic hydroxyl groups is 1. The fourth-order valence-corrected chi connectivity index (χ4v) is 10.4. The molecule has 5 aromatic rings. The van der Waals surface area contributed by atoms with Crippen LogP contribution >= 0.6 is 0 Å². The molecule has 0 radical (unpaired) electrons. The van der Waals surface area contributed by atoms with E-state index in [1.54, 1.807) is 26.4 Å². The Morgan fingerprint density at radius 3 is 2.20 bits per heavy atom. The van der Waals surface area contributed by atoms with Crippen LogP contribution in [0.4, 0.5) is 5.69 Å². The number of carbonyl (C=O) groups excluding carboxylic acids is 4. The van der Waals surface area contributed by atoms with Crippen LogP contribution in [0.25, 0.3) is 17.7 Å². The highest BCUT2D eigenvalue weighted by Gasteiger charge is 2.66. The van der Waals surface area contributed by atoms with Gasteiger partial charge in [-0.25, -0.2) is 0 Å². The molecule has 1 saturated carbocycles. The van der Waals surface area contributed by atoms with Crippen molar-refractivity contribution < 1.29 is 38.5 Å². The Labute approximate surface area is 354 Å². The second-order valence-electron chi connectivity index (χ2n) is 15.9. The first kappa shape index (κ1) is 39.6. The molecule has 0 aromatic heterocycles. The third-order valence-electron chi connectivity index (χ3n) is 13.0. The lowest BCUT2D eigenvalue weighted by atomic mass is 9.44. The van der Waals surface area contributed by atoms with Crippen molar-refractivity contribution in [1.29, 1.82) is 0 Å². The van der Waals surface area contributed by atoms with Gasteiger partial charge in [0.25, 0.3) is 0 Å². The van der Waals surface area contributed by atoms with Crippen LogP contribution in [0.3, 0.4) is 0 Å². The molecule has 6 atom stereocenters. The van der Waals surface area contributed by atoms with Gasteiger partial charge < -0.3 is 19.3 Å². The van der Waals surface area contributed by atoms with Crippen molar-refractivity contribution in [2.24, 2.45) is 23.7 Å². The Kier molecular flexibility index (Phi) is 10.6. The zero-order chi connectivity index (χ0) is 42.3. The zero-order valence-corrected chi connectivity index (χ0v) is 33.9. The van der Waals surface area contributed by atoms with Gasteiger partial charge in [0.05, 0.1) is 43.8 Å². The molecule has 0 bridgehead atoms. The topological polar surface area (TPSA) is 119 Å². The van der Waals surface area contributed by atoms with Gasteiger partial charge in [-0.05, 0) is 77.9 Å². The van der Waals surface area contributed by atoms with Crippen LogP contribution in [0.1, 0.15) is 46.6 Å². The summed E-state index contributed by atoms with van der Waals surface area (Å²) in [6, 6.07) is 39.0. The summed E-state index contributed by atoms with van der Waals surface area (Å²) >= 11 is 0. The molecular formula is C52H45NO8. The van der Waals surface area contributed by atoms with Crippen LogP contribution in [0.2, 0.25) is 0 Å². The molecular weight excluding hydrogens is 767 g/mol. The third kappa shape index (κ3) is 6.60. The molecule has 2 fully saturated rings. The van der Waals surface area contributed by atoms with Crippen molar-refractivity contribution in [2.75, 3.05) is 32.3 Å². The minimum absolute atomic E-state index is 0.0231. The van der Waals surface area contributed by atoms with Gasteiger partial charge >= 0.3 is 0 Å². The molecule has 2 amide bonds. The molecule has 9 nitrogen and oxygen atoms in total. The van der Waals surface area contributed by atoms with E-state index in [9.17, 15) is 14.7 Å². The van der Waals surface area contributed by atoms with E-state index in [0.29, 0.717) is 51.6 Å². The number of anilines is 1. The summed E-state index contributed by atoms with van der Waals surface area (Å²) in [5.41, 5.74) is 3.95. The number of aliphatic hydroxyl groups excluding tert-OH is 1. The molecule has 5 aromatic carbocycles. The molecule has 61 heavy (non-hydrogen) atoms. The second kappa shape index (κ2) is 16.3. The molecule has 9 heteroatoms. The number of imide groups is 1. The number of carbonyl (C=O) groups is 4. The number of hydrogen-bond donors (Lipinski definition) is 1. The SMILES string of the molecule is COc1ccc(OC)c(C=Cc2ccc(N3C(=O)C4CC=C5C(CC6C(=O)C(c7ccccc7)=CC(=O)C6(c6ccccc6)C5c5ccccc5OCCO)C4C3=O)cc2)c1. The highest BCUT2D eigenvalue weighted by Crippen LogP contribution is 2.64. The smallest absolute Gasteiger partial charge is 0.238 e. The number of amides is 2. The Balaban J connectivity index is 1.14. The number of benzene rings is 5. The predicted molar refractivity (Wildman–Crippen MR) is 233 cm³/mol. The number of nitrogens with zero attached hydrogens (tertiary/aromatic N) is 1. The quantitative estimate of drug-likeness (QED) is 0.0805. The molecule has 3 aliphatic carbocycles.